The van der Waals surface area contributed by atoms with E-state index in [1.165, 1.54) is 11.8 Å². The molecule has 2 N–H and O–H groups in total. The number of hydrogen-bond acceptors (Lipinski definition) is 4. The van der Waals surface area contributed by atoms with Gasteiger partial charge < -0.3 is 10.4 Å². The van der Waals surface area contributed by atoms with Crippen LogP contribution in [0, 0.1) is 0 Å². The Morgan fingerprint density at radius 3 is 2.88 bits per heavy atom. The molecule has 0 unspecified atom stereocenters. The molecule has 16 heavy (non-hydrogen) atoms. The van der Waals surface area contributed by atoms with Gasteiger partial charge in [-0.2, -0.15) is 0 Å². The summed E-state index contributed by atoms with van der Waals surface area (Å²) in [5.41, 5.74) is 0.738. The summed E-state index contributed by atoms with van der Waals surface area (Å²) in [6.45, 7) is 0. The fraction of sp³-hybridized carbons (Fsp3) is 0. The van der Waals surface area contributed by atoms with Crippen LogP contribution >= 0.6 is 39.9 Å². The Labute approximate surface area is 110 Å². The number of carbonyl (C=O) groups is 1. The van der Waals surface area contributed by atoms with Crippen molar-refractivity contribution < 1.29 is 9.90 Å². The molecule has 1 aliphatic rings. The molecule has 0 bridgehead atoms. The lowest BCUT2D eigenvalue weighted by Gasteiger charge is -2.00. The number of phenols is 1. The van der Waals surface area contributed by atoms with Crippen molar-refractivity contribution >= 4 is 56.2 Å². The van der Waals surface area contributed by atoms with Gasteiger partial charge in [0.25, 0.3) is 5.91 Å². The van der Waals surface area contributed by atoms with E-state index in [-0.39, 0.29) is 11.7 Å². The smallest absolute Gasteiger partial charge is 0.263 e. The monoisotopic (exact) mass is 315 g/mol. The third-order valence-electron chi connectivity index (χ3n) is 1.91. The minimum Gasteiger partial charge on any atom is -0.508 e. The van der Waals surface area contributed by atoms with Crippen molar-refractivity contribution in [2.24, 2.45) is 0 Å². The number of phenolic OH excluding ortho intramolecular Hbond substituents is 1. The normalized spacial score (nSPS) is 17.9. The summed E-state index contributed by atoms with van der Waals surface area (Å²) in [6.07, 6.45) is 1.68. The van der Waals surface area contributed by atoms with Gasteiger partial charge in [0.1, 0.15) is 10.1 Å². The SMILES string of the molecule is O=C1NC(=S)SC1=Cc1cc(O)ccc1Br. The number of benzene rings is 1. The van der Waals surface area contributed by atoms with Gasteiger partial charge in [-0.05, 0) is 29.8 Å². The topological polar surface area (TPSA) is 49.3 Å². The van der Waals surface area contributed by atoms with E-state index in [0.29, 0.717) is 9.23 Å². The highest BCUT2D eigenvalue weighted by atomic mass is 79.9. The Bertz CT molecular complexity index is 514. The molecular weight excluding hydrogens is 310 g/mol. The number of carbonyl (C=O) groups excluding carboxylic acids is 1. The first-order chi connectivity index (χ1) is 7.56. The first-order valence-electron chi connectivity index (χ1n) is 4.29. The maximum Gasteiger partial charge on any atom is 0.263 e. The number of halogens is 1. The highest BCUT2D eigenvalue weighted by molar-refractivity contribution is 9.10. The van der Waals surface area contributed by atoms with E-state index in [0.717, 1.165) is 10.0 Å². The lowest BCUT2D eigenvalue weighted by molar-refractivity contribution is -0.115. The molecule has 1 saturated heterocycles. The highest BCUT2D eigenvalue weighted by Crippen LogP contribution is 2.29. The predicted molar refractivity (Wildman–Crippen MR) is 72.1 cm³/mol. The van der Waals surface area contributed by atoms with Crippen molar-refractivity contribution in [2.75, 3.05) is 0 Å². The summed E-state index contributed by atoms with van der Waals surface area (Å²) in [5.74, 6) is -0.0497. The molecule has 0 aromatic heterocycles. The highest BCUT2D eigenvalue weighted by Gasteiger charge is 2.22. The first-order valence-corrected chi connectivity index (χ1v) is 6.31. The van der Waals surface area contributed by atoms with Crippen LogP contribution in [-0.4, -0.2) is 15.3 Å². The van der Waals surface area contributed by atoms with Gasteiger partial charge in [0.15, 0.2) is 0 Å². The van der Waals surface area contributed by atoms with E-state index < -0.39 is 0 Å². The molecule has 1 fully saturated rings. The molecule has 0 saturated carbocycles. The zero-order valence-corrected chi connectivity index (χ0v) is 11.1. The lowest BCUT2D eigenvalue weighted by atomic mass is 10.2. The van der Waals surface area contributed by atoms with Gasteiger partial charge >= 0.3 is 0 Å². The zero-order chi connectivity index (χ0) is 11.7. The molecule has 0 radical (unpaired) electrons. The fourth-order valence-corrected chi connectivity index (χ4v) is 2.60. The van der Waals surface area contributed by atoms with E-state index in [1.807, 2.05) is 0 Å². The maximum absolute atomic E-state index is 11.4. The lowest BCUT2D eigenvalue weighted by Crippen LogP contribution is -2.17. The predicted octanol–water partition coefficient (Wildman–Crippen LogP) is 2.64. The van der Waals surface area contributed by atoms with Crippen LogP contribution in [0.3, 0.4) is 0 Å². The van der Waals surface area contributed by atoms with Gasteiger partial charge in [0, 0.05) is 4.47 Å². The van der Waals surface area contributed by atoms with Crippen LogP contribution in [0.4, 0.5) is 0 Å². The van der Waals surface area contributed by atoms with Crippen molar-refractivity contribution in [1.29, 1.82) is 0 Å². The third kappa shape index (κ3) is 2.45. The van der Waals surface area contributed by atoms with Crippen LogP contribution in [-0.2, 0) is 4.79 Å². The zero-order valence-electron chi connectivity index (χ0n) is 7.86. The second kappa shape index (κ2) is 4.57. The Morgan fingerprint density at radius 2 is 2.25 bits per heavy atom. The van der Waals surface area contributed by atoms with Gasteiger partial charge in [-0.15, -0.1) is 0 Å². The van der Waals surface area contributed by atoms with Crippen LogP contribution < -0.4 is 5.32 Å². The molecule has 1 amide bonds. The molecule has 82 valence electrons. The van der Waals surface area contributed by atoms with E-state index >= 15 is 0 Å². The van der Waals surface area contributed by atoms with E-state index in [2.05, 4.69) is 21.2 Å². The molecule has 1 aliphatic heterocycles. The Morgan fingerprint density at radius 1 is 1.50 bits per heavy atom. The van der Waals surface area contributed by atoms with Gasteiger partial charge in [-0.3, -0.25) is 4.79 Å². The summed E-state index contributed by atoms with van der Waals surface area (Å²) in [6, 6.07) is 4.86. The number of hydrogen-bond donors (Lipinski definition) is 2. The third-order valence-corrected chi connectivity index (χ3v) is 3.79. The second-order valence-corrected chi connectivity index (χ2v) is 5.63. The standard InChI is InChI=1S/C10H6BrNO2S2/c11-7-2-1-6(13)3-5(7)4-8-9(14)12-10(15)16-8/h1-4,13H,(H,12,14,15). The summed E-state index contributed by atoms with van der Waals surface area (Å²) in [5, 5.41) is 11.9. The Balaban J connectivity index is 2.39. The number of thiocarbonyl (C=S) groups is 1. The van der Waals surface area contributed by atoms with E-state index in [9.17, 15) is 9.90 Å². The minimum absolute atomic E-state index is 0.154. The van der Waals surface area contributed by atoms with Crippen molar-refractivity contribution in [3.8, 4) is 5.75 Å². The van der Waals surface area contributed by atoms with E-state index in [4.69, 9.17) is 12.2 Å². The number of amides is 1. The van der Waals surface area contributed by atoms with Gasteiger partial charge in [0.2, 0.25) is 0 Å². The van der Waals surface area contributed by atoms with Gasteiger partial charge in [-0.25, -0.2) is 0 Å². The minimum atomic E-state index is -0.203. The molecule has 1 aromatic carbocycles. The molecule has 1 aromatic rings. The molecule has 6 heteroatoms. The first kappa shape index (κ1) is 11.6. The number of nitrogens with one attached hydrogen (secondary N) is 1. The van der Waals surface area contributed by atoms with Crippen molar-refractivity contribution in [3.63, 3.8) is 0 Å². The van der Waals surface area contributed by atoms with Crippen molar-refractivity contribution in [1.82, 2.24) is 5.32 Å². The summed E-state index contributed by atoms with van der Waals surface area (Å²) >= 11 is 9.43. The number of thioether (sulfide) groups is 1. The quantitative estimate of drug-likeness (QED) is 0.618. The van der Waals surface area contributed by atoms with Crippen molar-refractivity contribution in [3.05, 3.63) is 33.1 Å². The number of aromatic hydroxyl groups is 1. The Kier molecular flexibility index (Phi) is 3.32. The molecular formula is C10H6BrNO2S2. The van der Waals surface area contributed by atoms with Crippen LogP contribution in [0.15, 0.2) is 27.6 Å². The van der Waals surface area contributed by atoms with Gasteiger partial charge in [0.05, 0.1) is 4.91 Å². The largest absolute Gasteiger partial charge is 0.508 e. The molecule has 3 nitrogen and oxygen atoms in total. The average Bonchev–Trinajstić information content (AvgIpc) is 2.51. The fourth-order valence-electron chi connectivity index (χ4n) is 1.20. The maximum atomic E-state index is 11.4. The van der Waals surface area contributed by atoms with Crippen LogP contribution in [0.1, 0.15) is 5.56 Å². The van der Waals surface area contributed by atoms with Crippen LogP contribution in [0.25, 0.3) is 6.08 Å². The molecule has 1 heterocycles. The Hall–Kier alpha value is -0.850. The summed E-state index contributed by atoms with van der Waals surface area (Å²) in [4.78, 5) is 11.9. The van der Waals surface area contributed by atoms with Crippen LogP contribution in [0.5, 0.6) is 5.75 Å². The summed E-state index contributed by atoms with van der Waals surface area (Å²) in [7, 11) is 0. The van der Waals surface area contributed by atoms with Gasteiger partial charge in [-0.1, -0.05) is 39.9 Å². The van der Waals surface area contributed by atoms with Crippen LogP contribution in [0.2, 0.25) is 0 Å². The number of rotatable bonds is 1. The van der Waals surface area contributed by atoms with E-state index in [1.54, 1.807) is 24.3 Å². The molecule has 2 rings (SSSR count). The second-order valence-electron chi connectivity index (χ2n) is 3.06. The summed E-state index contributed by atoms with van der Waals surface area (Å²) < 4.78 is 1.26. The molecule has 0 spiro atoms. The van der Waals surface area contributed by atoms with Crippen molar-refractivity contribution in [2.45, 2.75) is 0 Å². The molecule has 0 atom stereocenters. The molecule has 0 aliphatic carbocycles. The average molecular weight is 316 g/mol.